The fourth-order valence-corrected chi connectivity index (χ4v) is 8.13. The number of amides is 1. The lowest BCUT2D eigenvalue weighted by Crippen LogP contribution is -2.33. The van der Waals surface area contributed by atoms with Gasteiger partial charge in [0, 0.05) is 24.3 Å². The first-order valence-corrected chi connectivity index (χ1v) is 15.3. The standard InChI is InChI=1S/C27H29N5O4S3/c1-25(22-29-18(20(33)28-4)19(36-22)21(34)35-5)13-38-24(31-25)27(3)15-39-23(32-27)26(2)14-37-17(30-26)12-11-16-9-7-6-8-10-16/h6-12H,13-15H2,1-5H3,(H,28,33)/b12-11+/t25-,26-,27-/m0/s1. The van der Waals surface area contributed by atoms with Gasteiger partial charge in [-0.3, -0.25) is 19.8 Å². The first-order chi connectivity index (χ1) is 18.6. The molecular weight excluding hydrogens is 555 g/mol. The van der Waals surface area contributed by atoms with Crippen LogP contribution in [-0.2, 0) is 10.3 Å². The molecule has 0 radical (unpaired) electrons. The van der Waals surface area contributed by atoms with Crippen LogP contribution >= 0.6 is 35.3 Å². The van der Waals surface area contributed by atoms with Gasteiger partial charge in [-0.2, -0.15) is 0 Å². The molecule has 0 fully saturated rings. The number of aromatic nitrogens is 1. The predicted octanol–water partition coefficient (Wildman–Crippen LogP) is 4.70. The second kappa shape index (κ2) is 10.6. The van der Waals surface area contributed by atoms with Crippen LogP contribution in [0.1, 0.15) is 53.3 Å². The zero-order valence-electron chi connectivity index (χ0n) is 22.3. The summed E-state index contributed by atoms with van der Waals surface area (Å²) >= 11 is 5.06. The van der Waals surface area contributed by atoms with E-state index in [2.05, 4.69) is 48.4 Å². The van der Waals surface area contributed by atoms with E-state index in [4.69, 9.17) is 24.1 Å². The average Bonchev–Trinajstić information content (AvgIpc) is 3.73. The molecule has 0 saturated heterocycles. The summed E-state index contributed by atoms with van der Waals surface area (Å²) < 4.78 is 10.6. The van der Waals surface area contributed by atoms with Gasteiger partial charge in [-0.15, -0.1) is 35.3 Å². The second-order valence-corrected chi connectivity index (χ2v) is 12.9. The Bertz CT molecular complexity index is 1400. The van der Waals surface area contributed by atoms with E-state index in [0.717, 1.165) is 32.2 Å². The van der Waals surface area contributed by atoms with Gasteiger partial charge in [0.2, 0.25) is 11.7 Å². The Morgan fingerprint density at radius 1 is 0.923 bits per heavy atom. The molecule has 3 atom stereocenters. The summed E-state index contributed by atoms with van der Waals surface area (Å²) in [7, 11) is 2.69. The van der Waals surface area contributed by atoms with E-state index in [9.17, 15) is 9.59 Å². The van der Waals surface area contributed by atoms with E-state index in [0.29, 0.717) is 5.75 Å². The van der Waals surface area contributed by atoms with Gasteiger partial charge in [-0.1, -0.05) is 36.4 Å². The van der Waals surface area contributed by atoms with E-state index in [-0.39, 0.29) is 17.3 Å². The summed E-state index contributed by atoms with van der Waals surface area (Å²) in [6.07, 6.45) is 4.15. The molecule has 0 bridgehead atoms. The second-order valence-electron chi connectivity index (χ2n) is 9.98. The Balaban J connectivity index is 1.38. The lowest BCUT2D eigenvalue weighted by molar-refractivity contribution is 0.0556. The molecule has 9 nitrogen and oxygen atoms in total. The summed E-state index contributed by atoms with van der Waals surface area (Å²) in [4.78, 5) is 44.1. The van der Waals surface area contributed by atoms with Crippen LogP contribution in [-0.4, -0.2) is 74.5 Å². The summed E-state index contributed by atoms with van der Waals surface area (Å²) in [5.74, 6) is 0.792. The largest absolute Gasteiger partial charge is 0.463 e. The number of oxazole rings is 1. The van der Waals surface area contributed by atoms with Crippen LogP contribution in [0.15, 0.2) is 55.8 Å². The van der Waals surface area contributed by atoms with Gasteiger partial charge in [0.25, 0.3) is 5.91 Å². The van der Waals surface area contributed by atoms with Crippen molar-refractivity contribution >= 4 is 68.4 Å². The van der Waals surface area contributed by atoms with Crippen molar-refractivity contribution in [3.05, 3.63) is 59.3 Å². The monoisotopic (exact) mass is 583 g/mol. The predicted molar refractivity (Wildman–Crippen MR) is 161 cm³/mol. The average molecular weight is 584 g/mol. The number of esters is 1. The van der Waals surface area contributed by atoms with Gasteiger partial charge in [0.05, 0.1) is 22.2 Å². The third-order valence-electron chi connectivity index (χ3n) is 6.57. The van der Waals surface area contributed by atoms with Crippen molar-refractivity contribution < 1.29 is 18.7 Å². The molecular formula is C27H29N5O4S3. The fourth-order valence-electron chi connectivity index (χ4n) is 4.27. The van der Waals surface area contributed by atoms with Gasteiger partial charge < -0.3 is 14.5 Å². The maximum Gasteiger partial charge on any atom is 0.376 e. The molecule has 1 aromatic carbocycles. The van der Waals surface area contributed by atoms with E-state index >= 15 is 0 Å². The Hall–Kier alpha value is -2.83. The highest BCUT2D eigenvalue weighted by molar-refractivity contribution is 8.17. The molecule has 1 aromatic heterocycles. The van der Waals surface area contributed by atoms with E-state index < -0.39 is 28.5 Å². The van der Waals surface area contributed by atoms with Crippen molar-refractivity contribution in [1.29, 1.82) is 0 Å². The molecule has 2 aromatic rings. The molecule has 5 rings (SSSR count). The lowest BCUT2D eigenvalue weighted by Gasteiger charge is -2.21. The highest BCUT2D eigenvalue weighted by atomic mass is 32.2. The van der Waals surface area contributed by atoms with Crippen LogP contribution in [0.25, 0.3) is 6.08 Å². The number of carbonyl (C=O) groups is 2. The van der Waals surface area contributed by atoms with Crippen molar-refractivity contribution in [1.82, 2.24) is 10.3 Å². The van der Waals surface area contributed by atoms with Crippen LogP contribution in [0.5, 0.6) is 0 Å². The highest BCUT2D eigenvalue weighted by Gasteiger charge is 2.49. The minimum atomic E-state index is -0.859. The highest BCUT2D eigenvalue weighted by Crippen LogP contribution is 2.46. The number of nitrogens with one attached hydrogen (secondary N) is 1. The van der Waals surface area contributed by atoms with E-state index in [1.807, 2.05) is 25.1 Å². The molecule has 39 heavy (non-hydrogen) atoms. The number of nitrogens with zero attached hydrogens (tertiary/aromatic N) is 4. The smallest absolute Gasteiger partial charge is 0.376 e. The summed E-state index contributed by atoms with van der Waals surface area (Å²) in [6.45, 7) is 6.10. The van der Waals surface area contributed by atoms with E-state index in [1.165, 1.54) is 14.2 Å². The summed E-state index contributed by atoms with van der Waals surface area (Å²) in [5.41, 5.74) is -0.742. The Labute approximate surface area is 239 Å². The van der Waals surface area contributed by atoms with E-state index in [1.54, 1.807) is 35.3 Å². The third kappa shape index (κ3) is 5.33. The van der Waals surface area contributed by atoms with Gasteiger partial charge in [-0.05, 0) is 32.4 Å². The molecule has 0 spiro atoms. The van der Waals surface area contributed by atoms with Crippen LogP contribution in [0, 0.1) is 0 Å². The molecule has 0 unspecified atom stereocenters. The molecule has 204 valence electrons. The number of thioether (sulfide) groups is 3. The zero-order valence-corrected chi connectivity index (χ0v) is 24.8. The van der Waals surface area contributed by atoms with Gasteiger partial charge >= 0.3 is 5.97 Å². The number of hydrogen-bond acceptors (Lipinski definition) is 11. The van der Waals surface area contributed by atoms with Crippen molar-refractivity contribution in [2.75, 3.05) is 31.4 Å². The van der Waals surface area contributed by atoms with Crippen LogP contribution in [0.2, 0.25) is 0 Å². The van der Waals surface area contributed by atoms with Crippen molar-refractivity contribution in [2.45, 2.75) is 37.4 Å². The lowest BCUT2D eigenvalue weighted by atomic mass is 10.0. The normalized spacial score (nSPS) is 28.4. The van der Waals surface area contributed by atoms with Crippen molar-refractivity contribution in [2.24, 2.45) is 15.0 Å². The number of ether oxygens (including phenoxy) is 1. The summed E-state index contributed by atoms with van der Waals surface area (Å²) in [6, 6.07) is 10.2. The first kappa shape index (κ1) is 27.7. The van der Waals surface area contributed by atoms with Gasteiger partial charge in [0.15, 0.2) is 5.69 Å². The molecule has 0 saturated carbocycles. The maximum atomic E-state index is 12.3. The minimum absolute atomic E-state index is 0.112. The number of hydrogen-bond donors (Lipinski definition) is 1. The number of benzene rings is 1. The summed E-state index contributed by atoms with van der Waals surface area (Å²) in [5, 5.41) is 5.35. The fraction of sp³-hybridized carbons (Fsp3) is 0.407. The van der Waals surface area contributed by atoms with Crippen molar-refractivity contribution in [3.8, 4) is 0 Å². The Morgan fingerprint density at radius 2 is 1.54 bits per heavy atom. The SMILES string of the molecule is CNC(=O)c1nc([C@]2(C)CSC([C@]3(C)CSC([C@]4(C)CSC(/C=C/c5ccccc5)=N4)=N3)=N2)oc1C(=O)OC. The Kier molecular flexibility index (Phi) is 7.55. The van der Waals surface area contributed by atoms with Crippen LogP contribution in [0.4, 0.5) is 0 Å². The minimum Gasteiger partial charge on any atom is -0.463 e. The number of carbonyl (C=O) groups excluding carboxylic acids is 2. The molecule has 4 heterocycles. The van der Waals surface area contributed by atoms with Gasteiger partial charge in [0.1, 0.15) is 16.6 Å². The molecule has 0 aliphatic carbocycles. The van der Waals surface area contributed by atoms with Crippen LogP contribution < -0.4 is 5.32 Å². The molecule has 12 heteroatoms. The topological polar surface area (TPSA) is 119 Å². The molecule has 1 amide bonds. The molecule has 1 N–H and O–H groups in total. The number of aliphatic imine (C=N–C) groups is 3. The molecule has 3 aliphatic heterocycles. The quantitative estimate of drug-likeness (QED) is 0.466. The maximum absolute atomic E-state index is 12.3. The molecule has 3 aliphatic rings. The number of rotatable bonds is 7. The van der Waals surface area contributed by atoms with Crippen molar-refractivity contribution in [3.63, 3.8) is 0 Å². The first-order valence-electron chi connectivity index (χ1n) is 12.3. The van der Waals surface area contributed by atoms with Crippen LogP contribution in [0.3, 0.4) is 0 Å². The zero-order chi connectivity index (χ0) is 27.8. The van der Waals surface area contributed by atoms with Gasteiger partial charge in [-0.25, -0.2) is 9.78 Å². The number of methoxy groups -OCH3 is 1. The third-order valence-corrected chi connectivity index (χ3v) is 10.8. The Morgan fingerprint density at radius 3 is 2.21 bits per heavy atom.